The number of carbonyl (C=O) groups excluding carboxylic acids is 1. The number of rotatable bonds is 7. The van der Waals surface area contributed by atoms with Crippen LogP contribution in [0.15, 0.2) is 48.5 Å². The Morgan fingerprint density at radius 2 is 1.77 bits per heavy atom. The Labute approximate surface area is 180 Å². The fourth-order valence-electron chi connectivity index (χ4n) is 3.50. The highest BCUT2D eigenvalue weighted by Crippen LogP contribution is 2.29. The van der Waals surface area contributed by atoms with Crippen molar-refractivity contribution >= 4 is 34.0 Å². The first-order valence-electron chi connectivity index (χ1n) is 10.4. The Balaban J connectivity index is 1.78. The third kappa shape index (κ3) is 4.03. The molecule has 4 rings (SSSR count). The van der Waals surface area contributed by atoms with E-state index in [1.165, 1.54) is 0 Å². The standard InChI is InChI=1S/C24H26N4O3/c1-4-15(2)31-24(29)20-21-23(27-19-8-6-5-7-18(19)26-21)28(22(20)25)14-13-16-9-11-17(30-3)12-10-16/h5-12,15H,4,13-14,25H2,1-3H3/t15-/m1/s1. The lowest BCUT2D eigenvalue weighted by molar-refractivity contribution is 0.0338. The number of nitrogen functional groups attached to an aromatic ring is 1. The zero-order chi connectivity index (χ0) is 22.0. The average molecular weight is 418 g/mol. The van der Waals surface area contributed by atoms with Crippen LogP contribution in [-0.2, 0) is 17.7 Å². The van der Waals surface area contributed by atoms with Crippen LogP contribution in [0.4, 0.5) is 5.82 Å². The average Bonchev–Trinajstić information content (AvgIpc) is 3.06. The third-order valence-electron chi connectivity index (χ3n) is 5.46. The predicted molar refractivity (Wildman–Crippen MR) is 121 cm³/mol. The summed E-state index contributed by atoms with van der Waals surface area (Å²) < 4.78 is 12.7. The Kier molecular flexibility index (Phi) is 5.75. The number of methoxy groups -OCH3 is 1. The van der Waals surface area contributed by atoms with Crippen LogP contribution in [0.3, 0.4) is 0 Å². The lowest BCUT2D eigenvalue weighted by Crippen LogP contribution is -2.16. The predicted octanol–water partition coefficient (Wildman–Crippen LogP) is 4.37. The van der Waals surface area contributed by atoms with Gasteiger partial charge in [0.05, 0.1) is 24.2 Å². The van der Waals surface area contributed by atoms with Gasteiger partial charge in [-0.05, 0) is 49.6 Å². The maximum absolute atomic E-state index is 12.9. The Hall–Kier alpha value is -3.61. The van der Waals surface area contributed by atoms with E-state index in [1.54, 1.807) is 7.11 Å². The van der Waals surface area contributed by atoms with Gasteiger partial charge in [0.25, 0.3) is 0 Å². The minimum Gasteiger partial charge on any atom is -0.497 e. The Morgan fingerprint density at radius 3 is 2.42 bits per heavy atom. The maximum atomic E-state index is 12.9. The van der Waals surface area contributed by atoms with E-state index in [1.807, 2.05) is 66.9 Å². The van der Waals surface area contributed by atoms with Crippen molar-refractivity contribution in [2.24, 2.45) is 0 Å². The quantitative estimate of drug-likeness (QED) is 0.448. The van der Waals surface area contributed by atoms with Gasteiger partial charge in [-0.2, -0.15) is 0 Å². The van der Waals surface area contributed by atoms with Gasteiger partial charge in [-0.1, -0.05) is 31.2 Å². The van der Waals surface area contributed by atoms with Gasteiger partial charge in [0.2, 0.25) is 0 Å². The number of hydrogen-bond acceptors (Lipinski definition) is 6. The molecule has 0 saturated carbocycles. The molecule has 0 unspecified atom stereocenters. The molecule has 0 spiro atoms. The highest BCUT2D eigenvalue weighted by molar-refractivity contribution is 6.08. The molecular formula is C24H26N4O3. The number of hydrogen-bond donors (Lipinski definition) is 1. The van der Waals surface area contributed by atoms with E-state index in [4.69, 9.17) is 25.2 Å². The van der Waals surface area contributed by atoms with Gasteiger partial charge in [-0.25, -0.2) is 14.8 Å². The van der Waals surface area contributed by atoms with Gasteiger partial charge in [-0.3, -0.25) is 0 Å². The van der Waals surface area contributed by atoms with Crippen LogP contribution < -0.4 is 10.5 Å². The van der Waals surface area contributed by atoms with Crippen LogP contribution in [0.1, 0.15) is 36.2 Å². The van der Waals surface area contributed by atoms with Crippen molar-refractivity contribution in [3.8, 4) is 5.75 Å². The Morgan fingerprint density at radius 1 is 1.10 bits per heavy atom. The number of nitrogens with two attached hydrogens (primary N) is 1. The molecule has 160 valence electrons. The second kappa shape index (κ2) is 8.63. The van der Waals surface area contributed by atoms with Crippen molar-refractivity contribution < 1.29 is 14.3 Å². The third-order valence-corrected chi connectivity index (χ3v) is 5.46. The molecule has 4 aromatic rings. The summed E-state index contributed by atoms with van der Waals surface area (Å²) in [5.41, 5.74) is 10.4. The molecule has 2 aromatic heterocycles. The summed E-state index contributed by atoms with van der Waals surface area (Å²) in [5, 5.41) is 0. The fourth-order valence-corrected chi connectivity index (χ4v) is 3.50. The molecular weight excluding hydrogens is 392 g/mol. The first-order chi connectivity index (χ1) is 15.0. The number of aryl methyl sites for hydroxylation is 2. The van der Waals surface area contributed by atoms with Crippen LogP contribution in [0.2, 0.25) is 0 Å². The van der Waals surface area contributed by atoms with E-state index in [0.717, 1.165) is 23.3 Å². The van der Waals surface area contributed by atoms with Crippen molar-refractivity contribution in [2.75, 3.05) is 12.8 Å². The lowest BCUT2D eigenvalue weighted by atomic mass is 10.1. The van der Waals surface area contributed by atoms with Gasteiger partial charge in [-0.15, -0.1) is 0 Å². The monoisotopic (exact) mass is 418 g/mol. The van der Waals surface area contributed by atoms with Gasteiger partial charge in [0.1, 0.15) is 22.6 Å². The molecule has 0 bridgehead atoms. The number of esters is 1. The summed E-state index contributed by atoms with van der Waals surface area (Å²) in [6.45, 7) is 4.38. The van der Waals surface area contributed by atoms with Crippen molar-refractivity contribution in [1.29, 1.82) is 0 Å². The number of ether oxygens (including phenoxy) is 2. The number of benzene rings is 2. The van der Waals surface area contributed by atoms with Crippen molar-refractivity contribution in [3.05, 3.63) is 59.7 Å². The number of aromatic nitrogens is 3. The summed E-state index contributed by atoms with van der Waals surface area (Å²) in [6, 6.07) is 15.5. The number of carbonyl (C=O) groups is 1. The number of nitrogens with zero attached hydrogens (tertiary/aromatic N) is 3. The van der Waals surface area contributed by atoms with Crippen LogP contribution >= 0.6 is 0 Å². The molecule has 2 heterocycles. The molecule has 0 radical (unpaired) electrons. The van der Waals surface area contributed by atoms with E-state index in [0.29, 0.717) is 35.5 Å². The van der Waals surface area contributed by atoms with E-state index in [2.05, 4.69) is 0 Å². The van der Waals surface area contributed by atoms with Crippen molar-refractivity contribution in [3.63, 3.8) is 0 Å². The van der Waals surface area contributed by atoms with Crippen LogP contribution in [0.25, 0.3) is 22.2 Å². The molecule has 31 heavy (non-hydrogen) atoms. The van der Waals surface area contributed by atoms with E-state index in [-0.39, 0.29) is 11.7 Å². The summed E-state index contributed by atoms with van der Waals surface area (Å²) in [4.78, 5) is 22.4. The number of fused-ring (bicyclic) bond motifs is 2. The van der Waals surface area contributed by atoms with Crippen LogP contribution in [-0.4, -0.2) is 33.7 Å². The topological polar surface area (TPSA) is 92.3 Å². The minimum absolute atomic E-state index is 0.210. The summed E-state index contributed by atoms with van der Waals surface area (Å²) >= 11 is 0. The van der Waals surface area contributed by atoms with E-state index >= 15 is 0 Å². The summed E-state index contributed by atoms with van der Waals surface area (Å²) in [5.74, 6) is 0.666. The van der Waals surface area contributed by atoms with Gasteiger partial charge in [0.15, 0.2) is 5.65 Å². The molecule has 1 atom stereocenters. The molecule has 2 aromatic carbocycles. The highest BCUT2D eigenvalue weighted by atomic mass is 16.5. The smallest absolute Gasteiger partial charge is 0.344 e. The molecule has 0 saturated heterocycles. The molecule has 0 aliphatic carbocycles. The summed E-state index contributed by atoms with van der Waals surface area (Å²) in [7, 11) is 1.64. The van der Waals surface area contributed by atoms with Crippen LogP contribution in [0, 0.1) is 0 Å². The largest absolute Gasteiger partial charge is 0.497 e. The molecule has 0 fully saturated rings. The minimum atomic E-state index is -0.468. The molecule has 0 aliphatic rings. The zero-order valence-corrected chi connectivity index (χ0v) is 18.0. The first kappa shape index (κ1) is 20.7. The van der Waals surface area contributed by atoms with Gasteiger partial charge in [0, 0.05) is 6.54 Å². The van der Waals surface area contributed by atoms with Crippen molar-refractivity contribution in [2.45, 2.75) is 39.3 Å². The normalized spacial score (nSPS) is 12.2. The highest BCUT2D eigenvalue weighted by Gasteiger charge is 2.26. The molecule has 7 nitrogen and oxygen atoms in total. The molecule has 7 heteroatoms. The van der Waals surface area contributed by atoms with Gasteiger partial charge < -0.3 is 19.8 Å². The van der Waals surface area contributed by atoms with E-state index < -0.39 is 5.97 Å². The second-order valence-corrected chi connectivity index (χ2v) is 7.52. The Bertz CT molecular complexity index is 1230. The number of para-hydroxylation sites is 2. The molecule has 0 amide bonds. The van der Waals surface area contributed by atoms with Gasteiger partial charge >= 0.3 is 5.97 Å². The molecule has 2 N–H and O–H groups in total. The fraction of sp³-hybridized carbons (Fsp3) is 0.292. The molecule has 0 aliphatic heterocycles. The summed E-state index contributed by atoms with van der Waals surface area (Å²) in [6.07, 6.45) is 1.22. The number of anilines is 1. The lowest BCUT2D eigenvalue weighted by Gasteiger charge is -2.11. The SMILES string of the molecule is CC[C@@H](C)OC(=O)c1c(N)n(CCc2ccc(OC)cc2)c2nc3ccccc3nc12. The zero-order valence-electron chi connectivity index (χ0n) is 18.0. The first-order valence-corrected chi connectivity index (χ1v) is 10.4. The van der Waals surface area contributed by atoms with E-state index in [9.17, 15) is 4.79 Å². The van der Waals surface area contributed by atoms with Crippen molar-refractivity contribution in [1.82, 2.24) is 14.5 Å². The maximum Gasteiger partial charge on any atom is 0.344 e. The van der Waals surface area contributed by atoms with Crippen LogP contribution in [0.5, 0.6) is 5.75 Å². The second-order valence-electron chi connectivity index (χ2n) is 7.52.